The van der Waals surface area contributed by atoms with Crippen molar-refractivity contribution in [2.75, 3.05) is 12.0 Å². The van der Waals surface area contributed by atoms with Crippen molar-refractivity contribution in [2.24, 2.45) is 0 Å². The summed E-state index contributed by atoms with van der Waals surface area (Å²) in [7, 11) is 1.51. The largest absolute Gasteiger partial charge is 0.507 e. The number of methoxy groups -OCH3 is 1. The van der Waals surface area contributed by atoms with Gasteiger partial charge in [-0.3, -0.25) is 14.5 Å². The molecule has 0 aliphatic carbocycles. The van der Waals surface area contributed by atoms with Gasteiger partial charge in [0.1, 0.15) is 11.5 Å². The first-order valence-electron chi connectivity index (χ1n) is 9.86. The Labute approximate surface area is 194 Å². The number of hydrogen-bond donors (Lipinski definition) is 2. The van der Waals surface area contributed by atoms with Crippen LogP contribution in [0.5, 0.6) is 5.75 Å². The number of aromatic carboxylic acids is 1. The summed E-state index contributed by atoms with van der Waals surface area (Å²) in [6.45, 7) is 0. The minimum Gasteiger partial charge on any atom is -0.507 e. The lowest BCUT2D eigenvalue weighted by atomic mass is 9.95. The number of aliphatic hydroxyl groups is 1. The molecule has 8 heteroatoms. The Hall–Kier alpha value is -4.10. The Morgan fingerprint density at radius 3 is 2.21 bits per heavy atom. The highest BCUT2D eigenvalue weighted by Gasteiger charge is 2.47. The molecule has 1 saturated heterocycles. The van der Waals surface area contributed by atoms with Gasteiger partial charge < -0.3 is 14.9 Å². The van der Waals surface area contributed by atoms with E-state index in [2.05, 4.69) is 0 Å². The molecule has 1 aliphatic rings. The number of rotatable bonds is 5. The Balaban J connectivity index is 1.94. The molecular formula is C25H18ClNO6. The predicted octanol–water partition coefficient (Wildman–Crippen LogP) is 4.67. The second-order valence-electron chi connectivity index (χ2n) is 7.30. The molecule has 0 radical (unpaired) electrons. The van der Waals surface area contributed by atoms with Crippen molar-refractivity contribution in [2.45, 2.75) is 6.04 Å². The fourth-order valence-corrected chi connectivity index (χ4v) is 3.88. The average Bonchev–Trinajstić information content (AvgIpc) is 3.09. The first-order valence-corrected chi connectivity index (χ1v) is 10.2. The van der Waals surface area contributed by atoms with Crippen LogP contribution in [0.1, 0.15) is 27.5 Å². The van der Waals surface area contributed by atoms with Gasteiger partial charge in [-0.1, -0.05) is 29.8 Å². The summed E-state index contributed by atoms with van der Waals surface area (Å²) < 4.78 is 5.20. The lowest BCUT2D eigenvalue weighted by molar-refractivity contribution is -0.132. The number of carbonyl (C=O) groups excluding carboxylic acids is 2. The van der Waals surface area contributed by atoms with E-state index in [0.717, 1.165) is 0 Å². The van der Waals surface area contributed by atoms with Crippen LogP contribution in [0.15, 0.2) is 78.4 Å². The summed E-state index contributed by atoms with van der Waals surface area (Å²) in [5, 5.41) is 20.9. The van der Waals surface area contributed by atoms with Crippen LogP contribution in [-0.2, 0) is 9.59 Å². The molecule has 4 rings (SSSR count). The molecule has 1 fully saturated rings. The summed E-state index contributed by atoms with van der Waals surface area (Å²) in [5.41, 5.74) is 0.906. The highest BCUT2D eigenvalue weighted by molar-refractivity contribution is 6.51. The van der Waals surface area contributed by atoms with E-state index in [1.165, 1.54) is 36.3 Å². The lowest BCUT2D eigenvalue weighted by Gasteiger charge is -2.25. The number of halogens is 1. The van der Waals surface area contributed by atoms with Crippen LogP contribution in [0.25, 0.3) is 5.76 Å². The van der Waals surface area contributed by atoms with Gasteiger partial charge >= 0.3 is 5.97 Å². The molecule has 166 valence electrons. The van der Waals surface area contributed by atoms with Crippen LogP contribution in [0, 0.1) is 0 Å². The number of nitrogens with zero attached hydrogens (tertiary/aromatic N) is 1. The van der Waals surface area contributed by atoms with Gasteiger partial charge in [-0.15, -0.1) is 0 Å². The monoisotopic (exact) mass is 463 g/mol. The average molecular weight is 464 g/mol. The minimum atomic E-state index is -1.17. The van der Waals surface area contributed by atoms with Crippen LogP contribution < -0.4 is 9.64 Å². The SMILES string of the molecule is COc1ccc(C2/C(=C(\O)c3ccc(Cl)cc3)C(=O)C(=O)N2c2cccc(C(=O)O)c2)cc1. The third-order valence-electron chi connectivity index (χ3n) is 5.36. The summed E-state index contributed by atoms with van der Waals surface area (Å²) in [5.74, 6) is -2.72. The molecule has 0 spiro atoms. The van der Waals surface area contributed by atoms with Crippen LogP contribution in [0.3, 0.4) is 0 Å². The molecule has 0 bridgehead atoms. The number of anilines is 1. The third kappa shape index (κ3) is 4.06. The molecule has 0 aromatic heterocycles. The number of carbonyl (C=O) groups is 3. The van der Waals surface area contributed by atoms with E-state index in [-0.39, 0.29) is 22.6 Å². The van der Waals surface area contributed by atoms with E-state index >= 15 is 0 Å². The summed E-state index contributed by atoms with van der Waals surface area (Å²) in [6, 6.07) is 17.6. The number of aliphatic hydroxyl groups excluding tert-OH is 1. The van der Waals surface area contributed by atoms with Gasteiger partial charge in [-0.05, 0) is 60.2 Å². The van der Waals surface area contributed by atoms with Crippen LogP contribution >= 0.6 is 11.6 Å². The molecule has 2 N–H and O–H groups in total. The molecular weight excluding hydrogens is 446 g/mol. The normalized spacial score (nSPS) is 17.3. The zero-order valence-corrected chi connectivity index (χ0v) is 18.1. The molecule has 0 saturated carbocycles. The minimum absolute atomic E-state index is 0.0411. The summed E-state index contributed by atoms with van der Waals surface area (Å²) >= 11 is 5.94. The Morgan fingerprint density at radius 1 is 0.939 bits per heavy atom. The number of amides is 1. The number of carboxylic acids is 1. The topological polar surface area (TPSA) is 104 Å². The molecule has 1 heterocycles. The van der Waals surface area contributed by atoms with Crippen molar-refractivity contribution < 1.29 is 29.3 Å². The Morgan fingerprint density at radius 2 is 1.61 bits per heavy atom. The zero-order chi connectivity index (χ0) is 23.7. The first kappa shape index (κ1) is 22.1. The summed E-state index contributed by atoms with van der Waals surface area (Å²) in [6.07, 6.45) is 0. The van der Waals surface area contributed by atoms with Crippen molar-refractivity contribution in [1.82, 2.24) is 0 Å². The standard InChI is InChI=1S/C25H18ClNO6/c1-33-19-11-7-14(8-12-19)21-20(22(28)15-5-9-17(26)10-6-15)23(29)24(30)27(21)18-4-2-3-16(13-18)25(31)32/h2-13,21,28H,1H3,(H,31,32)/b22-20+. The molecule has 1 unspecified atom stereocenters. The quantitative estimate of drug-likeness (QED) is 0.323. The van der Waals surface area contributed by atoms with E-state index in [1.54, 1.807) is 48.5 Å². The smallest absolute Gasteiger partial charge is 0.335 e. The molecule has 33 heavy (non-hydrogen) atoms. The highest BCUT2D eigenvalue weighted by Crippen LogP contribution is 2.42. The van der Waals surface area contributed by atoms with Gasteiger partial charge in [0.25, 0.3) is 11.7 Å². The van der Waals surface area contributed by atoms with Crippen LogP contribution in [0.2, 0.25) is 5.02 Å². The van der Waals surface area contributed by atoms with E-state index < -0.39 is 23.7 Å². The van der Waals surface area contributed by atoms with Gasteiger partial charge in [0.2, 0.25) is 0 Å². The number of ether oxygens (including phenoxy) is 1. The molecule has 1 aliphatic heterocycles. The Kier molecular flexibility index (Phi) is 5.89. The first-order chi connectivity index (χ1) is 15.8. The van der Waals surface area contributed by atoms with Gasteiger partial charge in [0.15, 0.2) is 0 Å². The fourth-order valence-electron chi connectivity index (χ4n) is 3.75. The number of carboxylic acid groups (broad SMARTS) is 1. The van der Waals surface area contributed by atoms with Crippen molar-refractivity contribution in [3.05, 3.63) is 100 Å². The van der Waals surface area contributed by atoms with E-state index in [4.69, 9.17) is 16.3 Å². The number of benzene rings is 3. The summed E-state index contributed by atoms with van der Waals surface area (Å²) in [4.78, 5) is 38.9. The van der Waals surface area contributed by atoms with Crippen molar-refractivity contribution in [3.63, 3.8) is 0 Å². The number of ketones is 1. The fraction of sp³-hybridized carbons (Fsp3) is 0.0800. The van der Waals surface area contributed by atoms with E-state index in [1.807, 2.05) is 0 Å². The second-order valence-corrected chi connectivity index (χ2v) is 7.74. The zero-order valence-electron chi connectivity index (χ0n) is 17.4. The van der Waals surface area contributed by atoms with Gasteiger partial charge in [-0.25, -0.2) is 4.79 Å². The Bertz CT molecular complexity index is 1280. The molecule has 3 aromatic carbocycles. The number of Topliss-reactive ketones (excluding diaryl/α,β-unsaturated/α-hetero) is 1. The van der Waals surface area contributed by atoms with Crippen LogP contribution in [-0.4, -0.2) is 35.0 Å². The van der Waals surface area contributed by atoms with Crippen LogP contribution in [0.4, 0.5) is 5.69 Å². The predicted molar refractivity (Wildman–Crippen MR) is 123 cm³/mol. The molecule has 1 amide bonds. The maximum atomic E-state index is 13.1. The lowest BCUT2D eigenvalue weighted by Crippen LogP contribution is -2.29. The maximum absolute atomic E-state index is 13.1. The third-order valence-corrected chi connectivity index (χ3v) is 5.62. The van der Waals surface area contributed by atoms with Crippen molar-refractivity contribution >= 4 is 40.7 Å². The van der Waals surface area contributed by atoms with E-state index in [0.29, 0.717) is 21.9 Å². The highest BCUT2D eigenvalue weighted by atomic mass is 35.5. The molecule has 1 atom stereocenters. The molecule has 7 nitrogen and oxygen atoms in total. The van der Waals surface area contributed by atoms with Gasteiger partial charge in [-0.2, -0.15) is 0 Å². The molecule has 3 aromatic rings. The maximum Gasteiger partial charge on any atom is 0.335 e. The van der Waals surface area contributed by atoms with Gasteiger partial charge in [0, 0.05) is 16.3 Å². The number of hydrogen-bond acceptors (Lipinski definition) is 5. The second kappa shape index (κ2) is 8.80. The van der Waals surface area contributed by atoms with E-state index in [9.17, 15) is 24.6 Å². The van der Waals surface area contributed by atoms with Gasteiger partial charge in [0.05, 0.1) is 24.3 Å². The van der Waals surface area contributed by atoms with Crippen molar-refractivity contribution in [1.29, 1.82) is 0 Å². The van der Waals surface area contributed by atoms with Crippen molar-refractivity contribution in [3.8, 4) is 5.75 Å².